The summed E-state index contributed by atoms with van der Waals surface area (Å²) in [6.07, 6.45) is 7.98. The quantitative estimate of drug-likeness (QED) is 0.345. The molecule has 4 heterocycles. The molecule has 1 aliphatic carbocycles. The zero-order valence-electron chi connectivity index (χ0n) is 19.6. The van der Waals surface area contributed by atoms with E-state index in [1.165, 1.54) is 25.0 Å². The van der Waals surface area contributed by atoms with Gasteiger partial charge < -0.3 is 14.5 Å². The van der Waals surface area contributed by atoms with Gasteiger partial charge in [-0.2, -0.15) is 0 Å². The number of amides is 1. The van der Waals surface area contributed by atoms with Gasteiger partial charge in [-0.25, -0.2) is 4.39 Å². The Kier molecular flexibility index (Phi) is 6.76. The monoisotopic (exact) mass is 485 g/mol. The number of carbonyl (C=O) groups excluding carboxylic acids is 2. The number of rotatable bonds is 6. The van der Waals surface area contributed by atoms with Crippen LogP contribution >= 0.6 is 11.3 Å². The number of ether oxygens (including phenoxy) is 1. The molecule has 4 fully saturated rings. The highest BCUT2D eigenvalue weighted by Gasteiger charge is 2.51. The average molecular weight is 486 g/mol. The summed E-state index contributed by atoms with van der Waals surface area (Å²) in [5, 5.41) is 4.90. The van der Waals surface area contributed by atoms with Crippen LogP contribution in [0.1, 0.15) is 56.2 Å². The molecular weight excluding hydrogens is 451 g/mol. The molecule has 7 heteroatoms. The van der Waals surface area contributed by atoms with Gasteiger partial charge in [-0.05, 0) is 42.5 Å². The van der Waals surface area contributed by atoms with Crippen molar-refractivity contribution in [3.05, 3.63) is 52.5 Å². The number of piperidine rings is 3. The SMILES string of the molecule is O=C(C[N+]12CCC(CC1)C(OC(=O)C1(c3cccs3)CCCCCC1)C2)Nc1cccc(F)c1. The van der Waals surface area contributed by atoms with Crippen molar-refractivity contribution in [1.82, 2.24) is 0 Å². The van der Waals surface area contributed by atoms with Crippen molar-refractivity contribution in [2.24, 2.45) is 5.92 Å². The summed E-state index contributed by atoms with van der Waals surface area (Å²) in [5.41, 5.74) is -0.0414. The highest BCUT2D eigenvalue weighted by Crippen LogP contribution is 2.43. The first kappa shape index (κ1) is 23.5. The summed E-state index contributed by atoms with van der Waals surface area (Å²) in [7, 11) is 0. The fourth-order valence-electron chi connectivity index (χ4n) is 6.33. The molecule has 4 aliphatic rings. The van der Waals surface area contributed by atoms with Gasteiger partial charge in [0.2, 0.25) is 0 Å². The number of nitrogens with one attached hydrogen (secondary N) is 1. The van der Waals surface area contributed by atoms with Crippen molar-refractivity contribution < 1.29 is 23.2 Å². The minimum atomic E-state index is -0.518. The van der Waals surface area contributed by atoms with Crippen LogP contribution in [-0.2, 0) is 19.7 Å². The van der Waals surface area contributed by atoms with Gasteiger partial charge in [-0.1, -0.05) is 37.8 Å². The summed E-state index contributed by atoms with van der Waals surface area (Å²) < 4.78 is 20.5. The second-order valence-corrected chi connectivity index (χ2v) is 11.4. The zero-order chi connectivity index (χ0) is 23.6. The molecule has 3 saturated heterocycles. The number of nitrogens with zero attached hydrogens (tertiary/aromatic N) is 1. The molecule has 3 aliphatic heterocycles. The Balaban J connectivity index is 1.28. The average Bonchev–Trinajstić information content (AvgIpc) is 3.24. The summed E-state index contributed by atoms with van der Waals surface area (Å²) in [6.45, 7) is 2.86. The van der Waals surface area contributed by atoms with Crippen LogP contribution in [0.4, 0.5) is 10.1 Å². The van der Waals surface area contributed by atoms with E-state index in [2.05, 4.69) is 16.8 Å². The van der Waals surface area contributed by atoms with E-state index in [-0.39, 0.29) is 23.8 Å². The van der Waals surface area contributed by atoms with Gasteiger partial charge >= 0.3 is 5.97 Å². The molecule has 1 saturated carbocycles. The summed E-state index contributed by atoms with van der Waals surface area (Å²) in [5.74, 6) is -0.164. The van der Waals surface area contributed by atoms with Gasteiger partial charge in [0.1, 0.15) is 17.8 Å². The molecule has 1 atom stereocenters. The second kappa shape index (κ2) is 9.78. The largest absolute Gasteiger partial charge is 0.455 e. The highest BCUT2D eigenvalue weighted by atomic mass is 32.1. The van der Waals surface area contributed by atoms with Gasteiger partial charge in [0, 0.05) is 29.3 Å². The maximum absolute atomic E-state index is 13.8. The number of benzene rings is 1. The van der Waals surface area contributed by atoms with E-state index in [0.29, 0.717) is 29.2 Å². The van der Waals surface area contributed by atoms with E-state index in [1.807, 2.05) is 6.07 Å². The van der Waals surface area contributed by atoms with Crippen molar-refractivity contribution in [2.45, 2.75) is 62.9 Å². The first-order chi connectivity index (χ1) is 16.5. The van der Waals surface area contributed by atoms with Gasteiger partial charge in [-0.15, -0.1) is 11.3 Å². The molecule has 182 valence electrons. The number of fused-ring (bicyclic) bond motifs is 3. The Hall–Kier alpha value is -2.25. The normalized spacial score (nSPS) is 28.1. The van der Waals surface area contributed by atoms with Crippen molar-refractivity contribution in [2.75, 3.05) is 31.5 Å². The Morgan fingerprint density at radius 2 is 1.85 bits per heavy atom. The Labute approximate surface area is 204 Å². The molecule has 0 radical (unpaired) electrons. The van der Waals surface area contributed by atoms with E-state index >= 15 is 0 Å². The second-order valence-electron chi connectivity index (χ2n) is 10.4. The molecular formula is C27H34FN2O3S+. The van der Waals surface area contributed by atoms with Crippen LogP contribution in [0.15, 0.2) is 41.8 Å². The van der Waals surface area contributed by atoms with E-state index in [4.69, 9.17) is 4.74 Å². The van der Waals surface area contributed by atoms with Crippen molar-refractivity contribution in [1.29, 1.82) is 0 Å². The predicted molar refractivity (Wildman–Crippen MR) is 131 cm³/mol. The van der Waals surface area contributed by atoms with Crippen molar-refractivity contribution in [3.8, 4) is 0 Å². The number of thiophene rings is 1. The lowest BCUT2D eigenvalue weighted by atomic mass is 9.78. The van der Waals surface area contributed by atoms with Gasteiger partial charge in [-0.3, -0.25) is 9.59 Å². The van der Waals surface area contributed by atoms with Gasteiger partial charge in [0.15, 0.2) is 12.6 Å². The third-order valence-corrected chi connectivity index (χ3v) is 9.30. The van der Waals surface area contributed by atoms with Crippen LogP contribution < -0.4 is 5.32 Å². The minimum absolute atomic E-state index is 0.0574. The topological polar surface area (TPSA) is 55.4 Å². The third kappa shape index (κ3) is 4.78. The first-order valence-corrected chi connectivity index (χ1v) is 13.5. The lowest BCUT2D eigenvalue weighted by Gasteiger charge is -2.52. The number of esters is 1. The fourth-order valence-corrected chi connectivity index (χ4v) is 7.31. The van der Waals surface area contributed by atoms with Crippen LogP contribution in [-0.4, -0.2) is 48.6 Å². The fraction of sp³-hybridized carbons (Fsp3) is 0.556. The van der Waals surface area contributed by atoms with E-state index in [0.717, 1.165) is 56.5 Å². The molecule has 5 nitrogen and oxygen atoms in total. The van der Waals surface area contributed by atoms with Crippen LogP contribution in [0.5, 0.6) is 0 Å². The Morgan fingerprint density at radius 1 is 1.09 bits per heavy atom. The Morgan fingerprint density at radius 3 is 2.53 bits per heavy atom. The molecule has 6 rings (SSSR count). The third-order valence-electron chi connectivity index (χ3n) is 8.23. The van der Waals surface area contributed by atoms with Crippen LogP contribution in [0.25, 0.3) is 0 Å². The van der Waals surface area contributed by atoms with Crippen LogP contribution in [0, 0.1) is 11.7 Å². The van der Waals surface area contributed by atoms with Crippen molar-refractivity contribution >= 4 is 28.9 Å². The van der Waals surface area contributed by atoms with E-state index < -0.39 is 5.41 Å². The van der Waals surface area contributed by atoms with Crippen molar-refractivity contribution in [3.63, 3.8) is 0 Å². The number of quaternary nitrogens is 1. The smallest absolute Gasteiger partial charge is 0.317 e. The van der Waals surface area contributed by atoms with Crippen LogP contribution in [0.3, 0.4) is 0 Å². The summed E-state index contributed by atoms with van der Waals surface area (Å²) in [6, 6.07) is 10.1. The maximum Gasteiger partial charge on any atom is 0.317 e. The Bertz CT molecular complexity index is 1010. The lowest BCUT2D eigenvalue weighted by molar-refractivity contribution is -0.939. The highest BCUT2D eigenvalue weighted by molar-refractivity contribution is 7.10. The van der Waals surface area contributed by atoms with E-state index in [9.17, 15) is 14.0 Å². The first-order valence-electron chi connectivity index (χ1n) is 12.6. The molecule has 2 aromatic rings. The number of hydrogen-bond donors (Lipinski definition) is 1. The maximum atomic E-state index is 13.8. The molecule has 1 unspecified atom stereocenters. The molecule has 2 bridgehead atoms. The number of halogens is 1. The van der Waals surface area contributed by atoms with Gasteiger partial charge in [0.05, 0.1) is 13.1 Å². The molecule has 1 N–H and O–H groups in total. The lowest BCUT2D eigenvalue weighted by Crippen LogP contribution is -2.66. The number of carbonyl (C=O) groups is 2. The summed E-state index contributed by atoms with van der Waals surface area (Å²) >= 11 is 1.67. The predicted octanol–water partition coefficient (Wildman–Crippen LogP) is 5.27. The summed E-state index contributed by atoms with van der Waals surface area (Å²) in [4.78, 5) is 27.8. The molecule has 1 aromatic heterocycles. The minimum Gasteiger partial charge on any atom is -0.455 e. The number of hydrogen-bond acceptors (Lipinski definition) is 4. The molecule has 34 heavy (non-hydrogen) atoms. The standard InChI is InChI=1S/C27H33FN2O3S/c28-21-7-5-8-22(17-21)29-25(31)19-30-14-10-20(11-15-30)23(18-30)33-26(32)27(24-9-6-16-34-24)12-3-1-2-4-13-27/h5-9,16-17,20,23H,1-4,10-15,18-19H2/p+1. The number of anilines is 1. The van der Waals surface area contributed by atoms with Gasteiger partial charge in [0.25, 0.3) is 5.91 Å². The van der Waals surface area contributed by atoms with E-state index in [1.54, 1.807) is 23.5 Å². The van der Waals surface area contributed by atoms with Crippen LogP contribution in [0.2, 0.25) is 0 Å². The molecule has 1 aromatic carbocycles. The zero-order valence-corrected chi connectivity index (χ0v) is 20.5. The molecule has 1 amide bonds. The molecule has 0 spiro atoms.